The van der Waals surface area contributed by atoms with Gasteiger partial charge in [-0.15, -0.1) is 11.3 Å². The van der Waals surface area contributed by atoms with Crippen LogP contribution in [0.15, 0.2) is 30.5 Å². The van der Waals surface area contributed by atoms with Gasteiger partial charge in [0.25, 0.3) is 0 Å². The number of likely N-dealkylation sites (N-methyl/N-ethyl adjacent to an activating group) is 1. The third kappa shape index (κ3) is 3.79. The molecule has 0 unspecified atom stereocenters. The molecule has 1 amide bonds. The van der Waals surface area contributed by atoms with Crippen molar-refractivity contribution in [2.45, 2.75) is 19.9 Å². The fourth-order valence-corrected chi connectivity index (χ4v) is 2.59. The molecule has 0 atom stereocenters. The van der Waals surface area contributed by atoms with Crippen molar-refractivity contribution >= 4 is 22.9 Å². The Balaban J connectivity index is 1.94. The Morgan fingerprint density at radius 3 is 2.63 bits per heavy atom. The second kappa shape index (κ2) is 5.84. The van der Waals surface area contributed by atoms with Gasteiger partial charge in [-0.2, -0.15) is 0 Å². The summed E-state index contributed by atoms with van der Waals surface area (Å²) in [6.45, 7) is 2.57. The molecule has 0 spiro atoms. The molecule has 19 heavy (non-hydrogen) atoms. The molecular formula is C14H17N3OS. The number of nitrogens with zero attached hydrogens (tertiary/aromatic N) is 2. The third-order valence-corrected chi connectivity index (χ3v) is 3.72. The van der Waals surface area contributed by atoms with E-state index in [2.05, 4.69) is 4.98 Å². The minimum atomic E-state index is 0.0934. The van der Waals surface area contributed by atoms with E-state index in [9.17, 15) is 4.79 Å². The van der Waals surface area contributed by atoms with Crippen LogP contribution in [0.5, 0.6) is 0 Å². The third-order valence-electron chi connectivity index (χ3n) is 2.82. The summed E-state index contributed by atoms with van der Waals surface area (Å²) in [5.74, 6) is 0.0934. The van der Waals surface area contributed by atoms with Crippen LogP contribution in [-0.2, 0) is 17.8 Å². The molecule has 0 saturated heterocycles. The van der Waals surface area contributed by atoms with Crippen molar-refractivity contribution in [3.63, 3.8) is 0 Å². The molecule has 5 heteroatoms. The normalized spacial score (nSPS) is 10.4. The van der Waals surface area contributed by atoms with E-state index in [0.29, 0.717) is 18.7 Å². The Kier molecular flexibility index (Phi) is 4.16. The maximum Gasteiger partial charge on any atom is 0.227 e. The highest BCUT2D eigenvalue weighted by molar-refractivity contribution is 7.11. The number of amides is 1. The molecular weight excluding hydrogens is 258 g/mol. The van der Waals surface area contributed by atoms with Crippen molar-refractivity contribution in [1.82, 2.24) is 9.88 Å². The van der Waals surface area contributed by atoms with Crippen LogP contribution in [-0.4, -0.2) is 22.8 Å². The zero-order valence-electron chi connectivity index (χ0n) is 11.1. The highest BCUT2D eigenvalue weighted by Gasteiger charge is 2.11. The van der Waals surface area contributed by atoms with Crippen LogP contribution in [0.25, 0.3) is 0 Å². The molecule has 0 saturated carbocycles. The molecule has 0 bridgehead atoms. The average Bonchev–Trinajstić information content (AvgIpc) is 2.77. The largest absolute Gasteiger partial charge is 0.399 e. The summed E-state index contributed by atoms with van der Waals surface area (Å²) >= 11 is 1.62. The van der Waals surface area contributed by atoms with Gasteiger partial charge in [0.05, 0.1) is 18.0 Å². The van der Waals surface area contributed by atoms with Crippen molar-refractivity contribution in [3.8, 4) is 0 Å². The quantitative estimate of drug-likeness (QED) is 0.871. The van der Waals surface area contributed by atoms with Gasteiger partial charge in [-0.3, -0.25) is 4.79 Å². The maximum atomic E-state index is 12.1. The van der Waals surface area contributed by atoms with Gasteiger partial charge in [0.15, 0.2) is 0 Å². The van der Waals surface area contributed by atoms with Gasteiger partial charge < -0.3 is 10.6 Å². The van der Waals surface area contributed by atoms with Crippen LogP contribution in [0.3, 0.4) is 0 Å². The van der Waals surface area contributed by atoms with E-state index in [-0.39, 0.29) is 5.91 Å². The van der Waals surface area contributed by atoms with E-state index < -0.39 is 0 Å². The highest BCUT2D eigenvalue weighted by atomic mass is 32.1. The molecule has 1 aromatic heterocycles. The summed E-state index contributed by atoms with van der Waals surface area (Å²) in [4.78, 5) is 19.1. The van der Waals surface area contributed by atoms with Crippen molar-refractivity contribution < 1.29 is 4.79 Å². The lowest BCUT2D eigenvalue weighted by atomic mass is 10.1. The Labute approximate surface area is 116 Å². The van der Waals surface area contributed by atoms with Gasteiger partial charge in [0.2, 0.25) is 5.91 Å². The van der Waals surface area contributed by atoms with Crippen molar-refractivity contribution in [2.75, 3.05) is 12.8 Å². The first kappa shape index (κ1) is 13.5. The van der Waals surface area contributed by atoms with E-state index in [1.54, 1.807) is 16.2 Å². The van der Waals surface area contributed by atoms with Crippen molar-refractivity contribution in [3.05, 3.63) is 45.9 Å². The van der Waals surface area contributed by atoms with Gasteiger partial charge in [0, 0.05) is 23.8 Å². The first-order valence-electron chi connectivity index (χ1n) is 6.04. The second-order valence-electron chi connectivity index (χ2n) is 4.51. The summed E-state index contributed by atoms with van der Waals surface area (Å²) in [6.07, 6.45) is 2.22. The number of anilines is 1. The fourth-order valence-electron chi connectivity index (χ4n) is 1.75. The summed E-state index contributed by atoms with van der Waals surface area (Å²) in [5, 5.41) is 1.02. The zero-order chi connectivity index (χ0) is 13.8. The van der Waals surface area contributed by atoms with Crippen LogP contribution in [0.1, 0.15) is 15.4 Å². The number of thiazole rings is 1. The lowest BCUT2D eigenvalue weighted by Crippen LogP contribution is -2.27. The molecule has 0 fully saturated rings. The number of aromatic nitrogens is 1. The van der Waals surface area contributed by atoms with Crippen LogP contribution in [0.2, 0.25) is 0 Å². The number of nitrogen functional groups attached to an aromatic ring is 1. The van der Waals surface area contributed by atoms with Gasteiger partial charge in [-0.1, -0.05) is 12.1 Å². The smallest absolute Gasteiger partial charge is 0.227 e. The maximum absolute atomic E-state index is 12.1. The molecule has 2 rings (SSSR count). The van der Waals surface area contributed by atoms with Gasteiger partial charge >= 0.3 is 0 Å². The van der Waals surface area contributed by atoms with E-state index in [1.165, 1.54) is 0 Å². The minimum Gasteiger partial charge on any atom is -0.399 e. The Hall–Kier alpha value is -1.88. The average molecular weight is 275 g/mol. The molecule has 2 N–H and O–H groups in total. The number of nitrogens with two attached hydrogens (primary N) is 1. The molecule has 2 aromatic rings. The number of hydrogen-bond acceptors (Lipinski definition) is 4. The van der Waals surface area contributed by atoms with Gasteiger partial charge in [0.1, 0.15) is 0 Å². The summed E-state index contributed by atoms with van der Waals surface area (Å²) < 4.78 is 0. The molecule has 1 aromatic carbocycles. The topological polar surface area (TPSA) is 59.2 Å². The van der Waals surface area contributed by atoms with Gasteiger partial charge in [-0.05, 0) is 24.6 Å². The number of benzene rings is 1. The number of hydrogen-bond donors (Lipinski definition) is 1. The van der Waals surface area contributed by atoms with Crippen LogP contribution < -0.4 is 5.73 Å². The second-order valence-corrected chi connectivity index (χ2v) is 5.83. The minimum absolute atomic E-state index is 0.0934. The molecule has 0 aliphatic rings. The number of aryl methyl sites for hydroxylation is 1. The van der Waals surface area contributed by atoms with Crippen LogP contribution >= 0.6 is 11.3 Å². The Morgan fingerprint density at radius 1 is 1.37 bits per heavy atom. The number of carbonyl (C=O) groups is 1. The first-order valence-corrected chi connectivity index (χ1v) is 6.86. The molecule has 1 heterocycles. The van der Waals surface area contributed by atoms with Crippen molar-refractivity contribution in [1.29, 1.82) is 0 Å². The standard InChI is InChI=1S/C14H17N3OS/c1-10-16-8-13(19-10)9-17(2)14(18)7-11-3-5-12(15)6-4-11/h3-6,8H,7,9,15H2,1-2H3. The molecule has 0 aliphatic heterocycles. The van der Waals surface area contributed by atoms with E-state index >= 15 is 0 Å². The number of rotatable bonds is 4. The first-order chi connectivity index (χ1) is 9.04. The zero-order valence-corrected chi connectivity index (χ0v) is 11.9. The SMILES string of the molecule is Cc1ncc(CN(C)C(=O)Cc2ccc(N)cc2)s1. The van der Waals surface area contributed by atoms with Crippen LogP contribution in [0, 0.1) is 6.92 Å². The summed E-state index contributed by atoms with van der Waals surface area (Å²) in [5.41, 5.74) is 7.31. The summed E-state index contributed by atoms with van der Waals surface area (Å²) in [7, 11) is 1.81. The van der Waals surface area contributed by atoms with Crippen molar-refractivity contribution in [2.24, 2.45) is 0 Å². The predicted octanol–water partition coefficient (Wildman–Crippen LogP) is 2.23. The summed E-state index contributed by atoms with van der Waals surface area (Å²) in [6, 6.07) is 7.40. The monoisotopic (exact) mass is 275 g/mol. The Morgan fingerprint density at radius 2 is 2.05 bits per heavy atom. The lowest BCUT2D eigenvalue weighted by Gasteiger charge is -2.16. The molecule has 4 nitrogen and oxygen atoms in total. The number of carbonyl (C=O) groups excluding carboxylic acids is 1. The molecule has 0 radical (unpaired) electrons. The molecule has 0 aliphatic carbocycles. The highest BCUT2D eigenvalue weighted by Crippen LogP contribution is 2.14. The van der Waals surface area contributed by atoms with Crippen LogP contribution in [0.4, 0.5) is 5.69 Å². The van der Waals surface area contributed by atoms with E-state index in [4.69, 9.17) is 5.73 Å². The van der Waals surface area contributed by atoms with E-state index in [0.717, 1.165) is 15.4 Å². The fraction of sp³-hybridized carbons (Fsp3) is 0.286. The van der Waals surface area contributed by atoms with Gasteiger partial charge in [-0.25, -0.2) is 4.98 Å². The molecule has 100 valence electrons. The Bertz CT molecular complexity index is 562. The predicted molar refractivity (Wildman–Crippen MR) is 77.9 cm³/mol. The van der Waals surface area contributed by atoms with E-state index in [1.807, 2.05) is 44.4 Å². The lowest BCUT2D eigenvalue weighted by molar-refractivity contribution is -0.129.